The molecule has 0 saturated heterocycles. The lowest BCUT2D eigenvalue weighted by molar-refractivity contribution is -0.136. The number of rotatable bonds is 19. The van der Waals surface area contributed by atoms with E-state index in [0.717, 1.165) is 24.1 Å². The average molecular weight is 650 g/mol. The van der Waals surface area contributed by atoms with Crippen molar-refractivity contribution in [3.8, 4) is 11.3 Å². The molecule has 0 radical (unpaired) electrons. The molecule has 0 spiro atoms. The molecule has 0 aliphatic carbocycles. The van der Waals surface area contributed by atoms with Gasteiger partial charge in [-0.1, -0.05) is 45.0 Å². The minimum absolute atomic E-state index is 0.132. The van der Waals surface area contributed by atoms with Gasteiger partial charge in [0, 0.05) is 35.6 Å². The first-order chi connectivity index (χ1) is 22.4. The number of nitrogens with one attached hydrogen (secondary N) is 3. The Morgan fingerprint density at radius 1 is 1.02 bits per heavy atom. The summed E-state index contributed by atoms with van der Waals surface area (Å²) in [7, 11) is 3.97. The van der Waals surface area contributed by atoms with E-state index in [1.807, 2.05) is 41.8 Å². The fraction of sp³-hybridized carbons (Fsp3) is 0.515. The highest BCUT2D eigenvalue weighted by molar-refractivity contribution is 5.98. The second-order valence-electron chi connectivity index (χ2n) is 12.8. The van der Waals surface area contributed by atoms with Crippen LogP contribution in [0.1, 0.15) is 58.9 Å². The molecular formula is C33H47N9O5. The molecule has 3 amide bonds. The monoisotopic (exact) mass is 649 g/mol. The zero-order valence-corrected chi connectivity index (χ0v) is 28.1. The first kappa shape index (κ1) is 36.7. The van der Waals surface area contributed by atoms with Crippen LogP contribution < -0.4 is 16.0 Å². The van der Waals surface area contributed by atoms with Crippen LogP contribution in [-0.4, -0.2) is 86.8 Å². The first-order valence-electron chi connectivity index (χ1n) is 15.8. The highest BCUT2D eigenvalue weighted by Gasteiger charge is 2.34. The SMILES string of the molecule is CC(C)[C@H](NC(=O)C(C)(C)CCn1cc(-c2cncnc2)nn1)C(=O)N[C@@H](CCCCN(C)C)C(=O)Nc1ccc(COC=O)cc1. The van der Waals surface area contributed by atoms with Crippen LogP contribution in [0.3, 0.4) is 0 Å². The predicted molar refractivity (Wildman–Crippen MR) is 176 cm³/mol. The van der Waals surface area contributed by atoms with Crippen LogP contribution in [0.4, 0.5) is 5.69 Å². The molecule has 3 rings (SSSR count). The Hall–Kier alpha value is -4.72. The van der Waals surface area contributed by atoms with Crippen LogP contribution in [0.25, 0.3) is 11.3 Å². The van der Waals surface area contributed by atoms with E-state index in [4.69, 9.17) is 4.74 Å². The topological polar surface area (TPSA) is 173 Å². The zero-order valence-electron chi connectivity index (χ0n) is 28.1. The van der Waals surface area contributed by atoms with Gasteiger partial charge < -0.3 is 25.6 Å². The third kappa shape index (κ3) is 11.9. The van der Waals surface area contributed by atoms with E-state index in [1.165, 1.54) is 6.33 Å². The average Bonchev–Trinajstić information content (AvgIpc) is 3.53. The Morgan fingerprint density at radius 3 is 2.36 bits per heavy atom. The number of ether oxygens (including phenoxy) is 1. The van der Waals surface area contributed by atoms with Gasteiger partial charge in [-0.15, -0.1) is 5.10 Å². The number of hydrogen-bond donors (Lipinski definition) is 3. The molecule has 0 fully saturated rings. The second-order valence-corrected chi connectivity index (χ2v) is 12.8. The van der Waals surface area contributed by atoms with E-state index in [9.17, 15) is 19.2 Å². The molecule has 0 unspecified atom stereocenters. The second kappa shape index (κ2) is 17.8. The standard InChI is InChI=1S/C33H47N9O5/c1-23(2)29(38-32(46)33(3,4)14-16-42-19-28(39-40-42)25-17-34-21-35-18-25)31(45)37-27(9-7-8-15-41(5)6)30(44)36-26-12-10-24(11-13-26)20-47-22-43/h10-13,17-19,21-23,27,29H,7-9,14-16,20H2,1-6H3,(H,36,44)(H,37,45)(H,38,46)/t27-,29-/m0/s1. The summed E-state index contributed by atoms with van der Waals surface area (Å²) in [5.41, 5.74) is 1.86. The van der Waals surface area contributed by atoms with E-state index in [2.05, 4.69) is 41.1 Å². The van der Waals surface area contributed by atoms with Gasteiger partial charge in [0.1, 0.15) is 30.7 Å². The summed E-state index contributed by atoms with van der Waals surface area (Å²) in [4.78, 5) is 61.1. The minimum Gasteiger partial charge on any atom is -0.463 e. The van der Waals surface area contributed by atoms with Gasteiger partial charge in [0.2, 0.25) is 17.7 Å². The zero-order chi connectivity index (χ0) is 34.4. The van der Waals surface area contributed by atoms with Crippen LogP contribution >= 0.6 is 0 Å². The van der Waals surface area contributed by atoms with Crippen molar-refractivity contribution in [3.63, 3.8) is 0 Å². The van der Waals surface area contributed by atoms with Crippen molar-refractivity contribution in [1.82, 2.24) is 40.5 Å². The van der Waals surface area contributed by atoms with Crippen LogP contribution in [0, 0.1) is 11.3 Å². The van der Waals surface area contributed by atoms with E-state index in [0.29, 0.717) is 43.7 Å². The molecule has 0 aliphatic heterocycles. The molecule has 0 aliphatic rings. The fourth-order valence-corrected chi connectivity index (χ4v) is 4.70. The molecule has 14 nitrogen and oxygen atoms in total. The summed E-state index contributed by atoms with van der Waals surface area (Å²) in [6.45, 7) is 9.13. The Kier molecular flexibility index (Phi) is 13.9. The van der Waals surface area contributed by atoms with E-state index < -0.39 is 23.4 Å². The molecule has 0 bridgehead atoms. The largest absolute Gasteiger partial charge is 0.463 e. The molecule has 0 saturated carbocycles. The third-order valence-corrected chi connectivity index (χ3v) is 7.73. The number of benzene rings is 1. The van der Waals surface area contributed by atoms with Crippen molar-refractivity contribution < 1.29 is 23.9 Å². The van der Waals surface area contributed by atoms with Crippen LogP contribution in [0.5, 0.6) is 0 Å². The third-order valence-electron chi connectivity index (χ3n) is 7.73. The highest BCUT2D eigenvalue weighted by atomic mass is 16.5. The predicted octanol–water partition coefficient (Wildman–Crippen LogP) is 2.82. The van der Waals surface area contributed by atoms with Gasteiger partial charge in [0.25, 0.3) is 6.47 Å². The molecule has 14 heteroatoms. The highest BCUT2D eigenvalue weighted by Crippen LogP contribution is 2.23. The van der Waals surface area contributed by atoms with Crippen LogP contribution in [0.15, 0.2) is 49.2 Å². The molecule has 254 valence electrons. The van der Waals surface area contributed by atoms with Gasteiger partial charge in [-0.05, 0) is 69.9 Å². The van der Waals surface area contributed by atoms with E-state index >= 15 is 0 Å². The Bertz CT molecular complexity index is 1440. The van der Waals surface area contributed by atoms with Gasteiger partial charge in [0.05, 0.1) is 6.20 Å². The summed E-state index contributed by atoms with van der Waals surface area (Å²) in [6, 6.07) is 5.24. The molecule has 3 N–H and O–H groups in total. The molecule has 1 aromatic carbocycles. The maximum atomic E-state index is 13.6. The molecule has 47 heavy (non-hydrogen) atoms. The number of carbonyl (C=O) groups excluding carboxylic acids is 4. The number of anilines is 1. The lowest BCUT2D eigenvalue weighted by Crippen LogP contribution is -2.56. The Balaban J connectivity index is 1.64. The van der Waals surface area contributed by atoms with Gasteiger partial charge in [0.15, 0.2) is 0 Å². The molecular weight excluding hydrogens is 602 g/mol. The van der Waals surface area contributed by atoms with Gasteiger partial charge in [-0.3, -0.25) is 23.9 Å². The number of carbonyl (C=O) groups is 4. The minimum atomic E-state index is -0.855. The maximum Gasteiger partial charge on any atom is 0.293 e. The number of aryl methyl sites for hydroxylation is 1. The maximum absolute atomic E-state index is 13.6. The van der Waals surface area contributed by atoms with E-state index in [-0.39, 0.29) is 24.3 Å². The molecule has 2 heterocycles. The van der Waals surface area contributed by atoms with Crippen molar-refractivity contribution in [1.29, 1.82) is 0 Å². The summed E-state index contributed by atoms with van der Waals surface area (Å²) in [5.74, 6) is -1.30. The summed E-state index contributed by atoms with van der Waals surface area (Å²) in [5, 5.41) is 17.1. The van der Waals surface area contributed by atoms with Gasteiger partial charge in [-0.25, -0.2) is 9.97 Å². The number of hydrogen-bond acceptors (Lipinski definition) is 10. The normalized spacial score (nSPS) is 12.8. The smallest absolute Gasteiger partial charge is 0.293 e. The summed E-state index contributed by atoms with van der Waals surface area (Å²) < 4.78 is 6.44. The van der Waals surface area contributed by atoms with Crippen molar-refractivity contribution in [2.24, 2.45) is 11.3 Å². The van der Waals surface area contributed by atoms with Crippen molar-refractivity contribution >= 4 is 29.9 Å². The van der Waals surface area contributed by atoms with Crippen molar-refractivity contribution in [3.05, 3.63) is 54.7 Å². The van der Waals surface area contributed by atoms with Gasteiger partial charge >= 0.3 is 0 Å². The first-order valence-corrected chi connectivity index (χ1v) is 15.8. The summed E-state index contributed by atoms with van der Waals surface area (Å²) in [6.07, 6.45) is 8.95. The molecule has 2 aromatic heterocycles. The lowest BCUT2D eigenvalue weighted by atomic mass is 9.87. The number of unbranched alkanes of at least 4 members (excludes halogenated alkanes) is 1. The quantitative estimate of drug-likeness (QED) is 0.129. The van der Waals surface area contributed by atoms with E-state index in [1.54, 1.807) is 47.5 Å². The Labute approximate surface area is 276 Å². The van der Waals surface area contributed by atoms with Crippen molar-refractivity contribution in [2.75, 3.05) is 26.0 Å². The molecule has 3 aromatic rings. The van der Waals surface area contributed by atoms with Crippen LogP contribution in [-0.2, 0) is 37.1 Å². The number of aromatic nitrogens is 5. The Morgan fingerprint density at radius 2 is 1.72 bits per heavy atom. The summed E-state index contributed by atoms with van der Waals surface area (Å²) >= 11 is 0. The van der Waals surface area contributed by atoms with Crippen molar-refractivity contribution in [2.45, 2.75) is 78.6 Å². The number of nitrogens with zero attached hydrogens (tertiary/aromatic N) is 6. The number of amides is 3. The lowest BCUT2D eigenvalue weighted by Gasteiger charge is -2.30. The fourth-order valence-electron chi connectivity index (χ4n) is 4.70. The van der Waals surface area contributed by atoms with Crippen LogP contribution in [0.2, 0.25) is 0 Å². The molecule has 2 atom stereocenters. The van der Waals surface area contributed by atoms with Gasteiger partial charge in [-0.2, -0.15) is 0 Å².